The highest BCUT2D eigenvalue weighted by molar-refractivity contribution is 7.89. The summed E-state index contributed by atoms with van der Waals surface area (Å²) in [6, 6.07) is 5.30. The highest BCUT2D eigenvalue weighted by Crippen LogP contribution is 2.26. The molecule has 0 saturated carbocycles. The van der Waals surface area contributed by atoms with Crippen LogP contribution in [0.4, 0.5) is 0 Å². The molecule has 1 aliphatic heterocycles. The number of rotatable bonds is 3. The lowest BCUT2D eigenvalue weighted by molar-refractivity contribution is 0.408. The number of nitrogens with zero attached hydrogens (tertiary/aromatic N) is 1. The fourth-order valence-electron chi connectivity index (χ4n) is 2.46. The number of benzene rings is 1. The number of nitrogens with two attached hydrogens (primary N) is 1. The van der Waals surface area contributed by atoms with Gasteiger partial charge in [0, 0.05) is 19.1 Å². The van der Waals surface area contributed by atoms with Crippen LogP contribution in [-0.4, -0.2) is 25.3 Å². The van der Waals surface area contributed by atoms with E-state index in [0.29, 0.717) is 18.0 Å². The van der Waals surface area contributed by atoms with Gasteiger partial charge in [-0.25, -0.2) is 8.42 Å². The lowest BCUT2D eigenvalue weighted by Crippen LogP contribution is -2.33. The van der Waals surface area contributed by atoms with Gasteiger partial charge >= 0.3 is 0 Å². The quantitative estimate of drug-likeness (QED) is 0.906. The van der Waals surface area contributed by atoms with E-state index in [0.717, 1.165) is 24.0 Å². The van der Waals surface area contributed by atoms with Gasteiger partial charge in [0.15, 0.2) is 0 Å². The minimum absolute atomic E-state index is 0.101. The molecule has 0 aliphatic carbocycles. The van der Waals surface area contributed by atoms with Crippen LogP contribution >= 0.6 is 0 Å². The van der Waals surface area contributed by atoms with Crippen LogP contribution in [0.25, 0.3) is 0 Å². The molecule has 0 spiro atoms. The Bertz CT molecular complexity index is 540. The second-order valence-electron chi connectivity index (χ2n) is 4.90. The van der Waals surface area contributed by atoms with E-state index in [4.69, 9.17) is 5.73 Å². The highest BCUT2D eigenvalue weighted by Gasteiger charge is 2.32. The molecule has 1 saturated heterocycles. The predicted octanol–water partition coefficient (Wildman–Crippen LogP) is 1.63. The van der Waals surface area contributed by atoms with Crippen molar-refractivity contribution in [1.29, 1.82) is 0 Å². The van der Waals surface area contributed by atoms with Crippen LogP contribution in [0.15, 0.2) is 23.1 Å². The van der Waals surface area contributed by atoms with Gasteiger partial charge in [0.25, 0.3) is 0 Å². The summed E-state index contributed by atoms with van der Waals surface area (Å²) < 4.78 is 26.6. The number of aryl methyl sites for hydroxylation is 1. The summed E-state index contributed by atoms with van der Waals surface area (Å²) in [5.41, 5.74) is 7.52. The van der Waals surface area contributed by atoms with Gasteiger partial charge in [-0.05, 0) is 49.9 Å². The lowest BCUT2D eigenvalue weighted by Gasteiger charge is -2.21. The average molecular weight is 268 g/mol. The molecule has 1 unspecified atom stereocenters. The fraction of sp³-hybridized carbons (Fsp3) is 0.538. The Balaban J connectivity index is 2.38. The third kappa shape index (κ3) is 2.30. The average Bonchev–Trinajstić information content (AvgIpc) is 2.76. The molecule has 2 rings (SSSR count). The molecule has 1 aliphatic rings. The molecule has 4 nitrogen and oxygen atoms in total. The van der Waals surface area contributed by atoms with Crippen molar-refractivity contribution in [2.24, 2.45) is 5.73 Å². The smallest absolute Gasteiger partial charge is 0.243 e. The molecule has 0 amide bonds. The van der Waals surface area contributed by atoms with E-state index >= 15 is 0 Å². The second kappa shape index (κ2) is 4.99. The van der Waals surface area contributed by atoms with Crippen LogP contribution in [0.2, 0.25) is 0 Å². The van der Waals surface area contributed by atoms with E-state index in [1.54, 1.807) is 16.4 Å². The largest absolute Gasteiger partial charge is 0.326 e. The fourth-order valence-corrected chi connectivity index (χ4v) is 4.24. The first kappa shape index (κ1) is 13.5. The Labute approximate surface area is 109 Å². The SMILES string of the molecule is Cc1cc(S(=O)(=O)N2CCCC2C)ccc1CN. The maximum absolute atomic E-state index is 12.5. The number of sulfonamides is 1. The monoisotopic (exact) mass is 268 g/mol. The zero-order valence-electron chi connectivity index (χ0n) is 10.9. The Morgan fingerprint density at radius 1 is 1.44 bits per heavy atom. The van der Waals surface area contributed by atoms with Crippen molar-refractivity contribution < 1.29 is 8.42 Å². The molecule has 0 aromatic heterocycles. The molecule has 2 N–H and O–H groups in total. The molecular weight excluding hydrogens is 248 g/mol. The van der Waals surface area contributed by atoms with Crippen molar-refractivity contribution in [3.8, 4) is 0 Å². The Hall–Kier alpha value is -0.910. The van der Waals surface area contributed by atoms with Crippen LogP contribution in [0.1, 0.15) is 30.9 Å². The van der Waals surface area contributed by atoms with E-state index in [1.165, 1.54) is 0 Å². The summed E-state index contributed by atoms with van der Waals surface area (Å²) in [6.45, 7) is 4.92. The Kier molecular flexibility index (Phi) is 3.75. The van der Waals surface area contributed by atoms with Gasteiger partial charge in [-0.1, -0.05) is 6.07 Å². The molecule has 1 heterocycles. The van der Waals surface area contributed by atoms with E-state index in [9.17, 15) is 8.42 Å². The first-order chi connectivity index (χ1) is 8.46. The maximum Gasteiger partial charge on any atom is 0.243 e. The molecule has 0 radical (unpaired) electrons. The molecule has 1 aromatic rings. The summed E-state index contributed by atoms with van der Waals surface area (Å²) in [5, 5.41) is 0. The molecule has 1 aromatic carbocycles. The Morgan fingerprint density at radius 3 is 2.67 bits per heavy atom. The second-order valence-corrected chi connectivity index (χ2v) is 6.79. The normalized spacial score (nSPS) is 21.4. The van der Waals surface area contributed by atoms with Gasteiger partial charge in [-0.15, -0.1) is 0 Å². The summed E-state index contributed by atoms with van der Waals surface area (Å²) in [7, 11) is -3.34. The zero-order valence-corrected chi connectivity index (χ0v) is 11.7. The van der Waals surface area contributed by atoms with E-state index in [1.807, 2.05) is 19.9 Å². The van der Waals surface area contributed by atoms with Crippen molar-refractivity contribution in [2.45, 2.75) is 44.2 Å². The minimum atomic E-state index is -3.34. The molecule has 5 heteroatoms. The summed E-state index contributed by atoms with van der Waals surface area (Å²) in [5.74, 6) is 0. The number of hydrogen-bond acceptors (Lipinski definition) is 3. The predicted molar refractivity (Wildman–Crippen MR) is 71.7 cm³/mol. The van der Waals surface area contributed by atoms with Gasteiger partial charge in [0.2, 0.25) is 10.0 Å². The van der Waals surface area contributed by atoms with E-state index in [-0.39, 0.29) is 6.04 Å². The Morgan fingerprint density at radius 2 is 2.17 bits per heavy atom. The first-order valence-corrected chi connectivity index (χ1v) is 7.72. The minimum Gasteiger partial charge on any atom is -0.326 e. The van der Waals surface area contributed by atoms with Crippen LogP contribution in [0.5, 0.6) is 0 Å². The molecule has 100 valence electrons. The first-order valence-electron chi connectivity index (χ1n) is 6.28. The molecule has 1 atom stereocenters. The van der Waals surface area contributed by atoms with Crippen molar-refractivity contribution in [3.05, 3.63) is 29.3 Å². The van der Waals surface area contributed by atoms with Crippen LogP contribution in [-0.2, 0) is 16.6 Å². The van der Waals surface area contributed by atoms with Gasteiger partial charge in [-0.3, -0.25) is 0 Å². The standard InChI is InChI=1S/C13H20N2O2S/c1-10-8-13(6-5-12(10)9-14)18(16,17)15-7-3-4-11(15)2/h5-6,8,11H,3-4,7,9,14H2,1-2H3. The van der Waals surface area contributed by atoms with E-state index < -0.39 is 10.0 Å². The maximum atomic E-state index is 12.5. The third-order valence-corrected chi connectivity index (χ3v) is 5.64. The van der Waals surface area contributed by atoms with Gasteiger partial charge in [0.05, 0.1) is 4.90 Å². The van der Waals surface area contributed by atoms with E-state index in [2.05, 4.69) is 0 Å². The lowest BCUT2D eigenvalue weighted by atomic mass is 10.1. The summed E-state index contributed by atoms with van der Waals surface area (Å²) >= 11 is 0. The van der Waals surface area contributed by atoms with Crippen molar-refractivity contribution >= 4 is 10.0 Å². The van der Waals surface area contributed by atoms with Crippen LogP contribution < -0.4 is 5.73 Å². The van der Waals surface area contributed by atoms with Crippen LogP contribution in [0.3, 0.4) is 0 Å². The molecule has 0 bridgehead atoms. The summed E-state index contributed by atoms with van der Waals surface area (Å²) in [6.07, 6.45) is 1.89. The number of hydrogen-bond donors (Lipinski definition) is 1. The molecule has 18 heavy (non-hydrogen) atoms. The molecular formula is C13H20N2O2S. The highest BCUT2D eigenvalue weighted by atomic mass is 32.2. The van der Waals surface area contributed by atoms with Crippen molar-refractivity contribution in [2.75, 3.05) is 6.54 Å². The topological polar surface area (TPSA) is 63.4 Å². The third-order valence-electron chi connectivity index (χ3n) is 3.63. The summed E-state index contributed by atoms with van der Waals surface area (Å²) in [4.78, 5) is 0.381. The van der Waals surface area contributed by atoms with Gasteiger partial charge in [-0.2, -0.15) is 4.31 Å². The van der Waals surface area contributed by atoms with Gasteiger partial charge < -0.3 is 5.73 Å². The van der Waals surface area contributed by atoms with Crippen molar-refractivity contribution in [3.63, 3.8) is 0 Å². The van der Waals surface area contributed by atoms with Gasteiger partial charge in [0.1, 0.15) is 0 Å². The van der Waals surface area contributed by atoms with Crippen LogP contribution in [0, 0.1) is 6.92 Å². The van der Waals surface area contributed by atoms with Crippen molar-refractivity contribution in [1.82, 2.24) is 4.31 Å². The zero-order chi connectivity index (χ0) is 13.3. The molecule has 1 fully saturated rings.